The highest BCUT2D eigenvalue weighted by atomic mass is 31.2. The molecule has 0 aliphatic carbocycles. The zero-order chi connectivity index (χ0) is 16.5. The Balaban J connectivity index is 2.18. The maximum Gasteiger partial charge on any atom is 0.330 e. The molecule has 0 radical (unpaired) electrons. The molecule has 0 amide bonds. The highest BCUT2D eigenvalue weighted by Gasteiger charge is 2.37. The molecular weight excluding hydrogens is 319 g/mol. The predicted octanol–water partition coefficient (Wildman–Crippen LogP) is -2.01. The van der Waals surface area contributed by atoms with E-state index in [1.165, 1.54) is 24.8 Å². The molecule has 11 heteroatoms. The van der Waals surface area contributed by atoms with E-state index in [1.807, 2.05) is 0 Å². The number of aryl methyl sites for hydroxylation is 1. The minimum atomic E-state index is -5.12. The van der Waals surface area contributed by atoms with Gasteiger partial charge < -0.3 is 28.3 Å². The number of methoxy groups -OCH3 is 1. The second-order valence-corrected chi connectivity index (χ2v) is 6.01. The molecule has 1 fully saturated rings. The Morgan fingerprint density at radius 3 is 2.77 bits per heavy atom. The molecular formula is C11H15N2O8P-2. The molecule has 0 unspecified atom stereocenters. The average molecular weight is 334 g/mol. The van der Waals surface area contributed by atoms with Crippen molar-refractivity contribution < 1.29 is 28.3 Å². The molecule has 1 aromatic rings. The fraction of sp³-hybridized carbons (Fsp3) is 0.636. The smallest absolute Gasteiger partial charge is 0.330 e. The highest BCUT2D eigenvalue weighted by Crippen LogP contribution is 2.33. The summed E-state index contributed by atoms with van der Waals surface area (Å²) in [5.41, 5.74) is -0.836. The minimum absolute atomic E-state index is 0.234. The highest BCUT2D eigenvalue weighted by molar-refractivity contribution is 7.43. The third-order valence-electron chi connectivity index (χ3n) is 3.34. The summed E-state index contributed by atoms with van der Waals surface area (Å²) in [5.74, 6) is 0. The number of aromatic amines is 1. The average Bonchev–Trinajstić information content (AvgIpc) is 2.83. The number of hydrogen-bond donors (Lipinski definition) is 1. The topological polar surface area (TPSA) is 146 Å². The van der Waals surface area contributed by atoms with Crippen LogP contribution in [0.1, 0.15) is 18.2 Å². The lowest BCUT2D eigenvalue weighted by atomic mass is 10.2. The number of rotatable bonds is 5. The van der Waals surface area contributed by atoms with Crippen LogP contribution in [0.15, 0.2) is 15.8 Å². The molecule has 3 atom stereocenters. The maximum atomic E-state index is 11.8. The third kappa shape index (κ3) is 3.92. The number of phosphoric acid groups is 1. The number of aromatic nitrogens is 2. The lowest BCUT2D eigenvalue weighted by molar-refractivity contribution is -0.343. The number of nitrogens with one attached hydrogen (secondary N) is 1. The van der Waals surface area contributed by atoms with Gasteiger partial charge in [-0.2, -0.15) is 0 Å². The van der Waals surface area contributed by atoms with Gasteiger partial charge in [-0.05, 0) is 6.92 Å². The van der Waals surface area contributed by atoms with E-state index in [4.69, 9.17) is 9.47 Å². The van der Waals surface area contributed by atoms with E-state index in [-0.39, 0.29) is 6.42 Å². The van der Waals surface area contributed by atoms with Crippen molar-refractivity contribution in [1.82, 2.24) is 9.55 Å². The Morgan fingerprint density at radius 2 is 2.18 bits per heavy atom. The summed E-state index contributed by atoms with van der Waals surface area (Å²) in [6.45, 7) is 1.03. The normalized spacial score (nSPS) is 25.5. The van der Waals surface area contributed by atoms with E-state index < -0.39 is 44.1 Å². The molecule has 1 aliphatic rings. The molecule has 1 aliphatic heterocycles. The molecule has 124 valence electrons. The molecule has 10 nitrogen and oxygen atoms in total. The fourth-order valence-electron chi connectivity index (χ4n) is 2.23. The second-order valence-electron chi connectivity index (χ2n) is 4.86. The van der Waals surface area contributed by atoms with Crippen LogP contribution in [0, 0.1) is 6.92 Å². The van der Waals surface area contributed by atoms with Gasteiger partial charge in [0.2, 0.25) is 0 Å². The van der Waals surface area contributed by atoms with E-state index in [1.54, 1.807) is 0 Å². The van der Waals surface area contributed by atoms with Gasteiger partial charge in [0.05, 0.1) is 20.5 Å². The first-order valence-electron chi connectivity index (χ1n) is 6.38. The summed E-state index contributed by atoms with van der Waals surface area (Å²) in [5, 5.41) is 0. The molecule has 0 aromatic carbocycles. The Hall–Kier alpha value is -1.29. The van der Waals surface area contributed by atoms with E-state index >= 15 is 0 Å². The van der Waals surface area contributed by atoms with Crippen molar-refractivity contribution in [2.75, 3.05) is 13.7 Å². The van der Waals surface area contributed by atoms with Crippen LogP contribution >= 0.6 is 7.82 Å². The Morgan fingerprint density at radius 1 is 1.50 bits per heavy atom. The van der Waals surface area contributed by atoms with Crippen LogP contribution in [0.3, 0.4) is 0 Å². The van der Waals surface area contributed by atoms with Gasteiger partial charge in [-0.3, -0.25) is 14.3 Å². The van der Waals surface area contributed by atoms with Crippen LogP contribution in [0.5, 0.6) is 0 Å². The molecule has 1 saturated heterocycles. The van der Waals surface area contributed by atoms with E-state index in [0.29, 0.717) is 5.56 Å². The van der Waals surface area contributed by atoms with Crippen molar-refractivity contribution in [3.8, 4) is 0 Å². The Labute approximate surface area is 124 Å². The van der Waals surface area contributed by atoms with Crippen LogP contribution < -0.4 is 21.0 Å². The first-order valence-corrected chi connectivity index (χ1v) is 7.84. The van der Waals surface area contributed by atoms with Crippen molar-refractivity contribution in [3.05, 3.63) is 32.6 Å². The summed E-state index contributed by atoms with van der Waals surface area (Å²) in [6.07, 6.45) is -0.577. The summed E-state index contributed by atoms with van der Waals surface area (Å²) in [6, 6.07) is 0. The van der Waals surface area contributed by atoms with E-state index in [9.17, 15) is 23.9 Å². The molecule has 0 spiro atoms. The number of phosphoric ester groups is 1. The lowest BCUT2D eigenvalue weighted by Crippen LogP contribution is -2.33. The molecule has 1 N–H and O–H groups in total. The zero-order valence-electron chi connectivity index (χ0n) is 11.9. The van der Waals surface area contributed by atoms with Crippen LogP contribution in [-0.4, -0.2) is 35.5 Å². The maximum absolute atomic E-state index is 11.8. The van der Waals surface area contributed by atoms with Gasteiger partial charge in [-0.25, -0.2) is 4.79 Å². The van der Waals surface area contributed by atoms with Crippen LogP contribution in [0.4, 0.5) is 0 Å². The van der Waals surface area contributed by atoms with Gasteiger partial charge in [-0.15, -0.1) is 0 Å². The molecule has 22 heavy (non-hydrogen) atoms. The molecule has 0 bridgehead atoms. The summed E-state index contributed by atoms with van der Waals surface area (Å²) >= 11 is 0. The third-order valence-corrected chi connectivity index (χ3v) is 3.80. The van der Waals surface area contributed by atoms with Gasteiger partial charge in [0.1, 0.15) is 12.3 Å². The predicted molar refractivity (Wildman–Crippen MR) is 68.9 cm³/mol. The van der Waals surface area contributed by atoms with Crippen LogP contribution in [-0.2, 0) is 18.6 Å². The van der Waals surface area contributed by atoms with Crippen LogP contribution in [0.2, 0.25) is 0 Å². The summed E-state index contributed by atoms with van der Waals surface area (Å²) in [4.78, 5) is 46.4. The summed E-state index contributed by atoms with van der Waals surface area (Å²) < 4.78 is 26.6. The standard InChI is InChI=1S/C11H17N2O8P/c1-6-4-13(11(15)12-10(6)14)9-3-7(19-2)8(21-9)5-20-22(16,17)18/h4,7-9H,3,5H2,1-2H3,(H,12,14,15)(H2,16,17,18)/p-2/t7-,8-,9-/m1/s1. The first-order chi connectivity index (χ1) is 10.2. The van der Waals surface area contributed by atoms with Crippen molar-refractivity contribution >= 4 is 7.82 Å². The van der Waals surface area contributed by atoms with Gasteiger partial charge in [0.15, 0.2) is 0 Å². The van der Waals surface area contributed by atoms with E-state index in [2.05, 4.69) is 9.51 Å². The lowest BCUT2D eigenvalue weighted by Gasteiger charge is -2.30. The van der Waals surface area contributed by atoms with Crippen molar-refractivity contribution in [3.63, 3.8) is 0 Å². The quantitative estimate of drug-likeness (QED) is 0.608. The number of ether oxygens (including phenoxy) is 2. The van der Waals surface area contributed by atoms with Crippen molar-refractivity contribution in [2.45, 2.75) is 31.8 Å². The summed E-state index contributed by atoms with van der Waals surface area (Å²) in [7, 11) is -3.74. The minimum Gasteiger partial charge on any atom is -0.790 e. The Kier molecular flexibility index (Phi) is 5.00. The van der Waals surface area contributed by atoms with Crippen LogP contribution in [0.25, 0.3) is 0 Å². The van der Waals surface area contributed by atoms with Gasteiger partial charge in [0.25, 0.3) is 5.56 Å². The number of nitrogens with zero attached hydrogens (tertiary/aromatic N) is 1. The zero-order valence-corrected chi connectivity index (χ0v) is 12.8. The van der Waals surface area contributed by atoms with Gasteiger partial charge in [-0.1, -0.05) is 0 Å². The number of H-pyrrole nitrogens is 1. The van der Waals surface area contributed by atoms with Gasteiger partial charge >= 0.3 is 5.69 Å². The van der Waals surface area contributed by atoms with Crippen molar-refractivity contribution in [2.24, 2.45) is 0 Å². The molecule has 1 aromatic heterocycles. The fourth-order valence-corrected chi connectivity index (χ4v) is 2.56. The largest absolute Gasteiger partial charge is 0.790 e. The number of hydrogen-bond acceptors (Lipinski definition) is 8. The SMILES string of the molecule is CO[C@@H]1C[C@H](n2cc(C)c(=O)[nH]c2=O)O[C@@H]1COP(=O)([O-])[O-]. The van der Waals surface area contributed by atoms with E-state index in [0.717, 1.165) is 0 Å². The molecule has 0 saturated carbocycles. The molecule has 2 rings (SSSR count). The Bertz CT molecular complexity index is 692. The first kappa shape index (κ1) is 17.1. The van der Waals surface area contributed by atoms with Crippen molar-refractivity contribution in [1.29, 1.82) is 0 Å². The monoisotopic (exact) mass is 334 g/mol. The molecule has 2 heterocycles. The second kappa shape index (κ2) is 6.45. The van der Waals surface area contributed by atoms with Gasteiger partial charge in [0, 0.05) is 25.3 Å².